The van der Waals surface area contributed by atoms with E-state index < -0.39 is 5.82 Å². The van der Waals surface area contributed by atoms with E-state index >= 15 is 0 Å². The fourth-order valence-electron chi connectivity index (χ4n) is 1.92. The van der Waals surface area contributed by atoms with E-state index in [9.17, 15) is 9.18 Å². The number of carbonyl (C=O) groups is 1. The van der Waals surface area contributed by atoms with Crippen molar-refractivity contribution in [2.75, 3.05) is 13.1 Å². The van der Waals surface area contributed by atoms with Gasteiger partial charge in [0.15, 0.2) is 0 Å². The molecule has 0 radical (unpaired) electrons. The molecule has 0 aliphatic heterocycles. The largest absolute Gasteiger partial charge is 0.334 e. The van der Waals surface area contributed by atoms with Crippen LogP contribution in [-0.2, 0) is 0 Å². The van der Waals surface area contributed by atoms with Crippen LogP contribution in [0.2, 0.25) is 0 Å². The monoisotopic (exact) mass is 236 g/mol. The van der Waals surface area contributed by atoms with Crippen molar-refractivity contribution in [1.29, 1.82) is 0 Å². The maximum absolute atomic E-state index is 13.7. The van der Waals surface area contributed by atoms with Crippen LogP contribution in [-0.4, -0.2) is 29.9 Å². The lowest BCUT2D eigenvalue weighted by Crippen LogP contribution is -2.37. The average Bonchev–Trinajstić information content (AvgIpc) is 3.09. The lowest BCUT2D eigenvalue weighted by Gasteiger charge is -2.22. The second-order valence-corrected chi connectivity index (χ2v) is 4.50. The van der Waals surface area contributed by atoms with Gasteiger partial charge < -0.3 is 10.6 Å². The van der Waals surface area contributed by atoms with Gasteiger partial charge in [-0.05, 0) is 37.5 Å². The zero-order valence-corrected chi connectivity index (χ0v) is 9.95. The summed E-state index contributed by atoms with van der Waals surface area (Å²) in [6.45, 7) is 2.71. The standard InChI is InChI=1S/C13H17FN2O/c1-9-2-5-11(12(14)8-9)13(17)16(7-6-15)10-3-4-10/h2,5,8,10H,3-4,6-7,15H2,1H3. The second-order valence-electron chi connectivity index (χ2n) is 4.50. The van der Waals surface area contributed by atoms with E-state index in [1.165, 1.54) is 6.07 Å². The molecular formula is C13H17FN2O. The van der Waals surface area contributed by atoms with E-state index in [0.717, 1.165) is 18.4 Å². The van der Waals surface area contributed by atoms with Crippen molar-refractivity contribution in [3.05, 3.63) is 35.1 Å². The van der Waals surface area contributed by atoms with Crippen LogP contribution in [0.5, 0.6) is 0 Å². The lowest BCUT2D eigenvalue weighted by atomic mass is 10.1. The molecule has 0 bridgehead atoms. The van der Waals surface area contributed by atoms with Crippen molar-refractivity contribution in [2.45, 2.75) is 25.8 Å². The van der Waals surface area contributed by atoms with Crippen molar-refractivity contribution in [3.63, 3.8) is 0 Å². The van der Waals surface area contributed by atoms with E-state index in [-0.39, 0.29) is 17.5 Å². The first-order valence-corrected chi connectivity index (χ1v) is 5.90. The highest BCUT2D eigenvalue weighted by atomic mass is 19.1. The molecule has 1 fully saturated rings. The third-order valence-electron chi connectivity index (χ3n) is 2.97. The molecule has 2 rings (SSSR count). The zero-order valence-electron chi connectivity index (χ0n) is 9.95. The molecular weight excluding hydrogens is 219 g/mol. The van der Waals surface area contributed by atoms with Crippen LogP contribution in [0.25, 0.3) is 0 Å². The number of carbonyl (C=O) groups excluding carboxylic acids is 1. The van der Waals surface area contributed by atoms with Crippen molar-refractivity contribution < 1.29 is 9.18 Å². The predicted octanol–water partition coefficient (Wildman–Crippen LogP) is 1.70. The quantitative estimate of drug-likeness (QED) is 0.864. The molecule has 0 atom stereocenters. The number of rotatable bonds is 4. The molecule has 1 saturated carbocycles. The van der Waals surface area contributed by atoms with Gasteiger partial charge in [0.2, 0.25) is 0 Å². The van der Waals surface area contributed by atoms with Crippen LogP contribution in [0.3, 0.4) is 0 Å². The Kier molecular flexibility index (Phi) is 3.43. The van der Waals surface area contributed by atoms with Crippen LogP contribution in [0.4, 0.5) is 4.39 Å². The zero-order chi connectivity index (χ0) is 12.4. The van der Waals surface area contributed by atoms with Gasteiger partial charge in [0.05, 0.1) is 5.56 Å². The molecule has 1 aromatic carbocycles. The van der Waals surface area contributed by atoms with Crippen molar-refractivity contribution in [2.24, 2.45) is 5.73 Å². The summed E-state index contributed by atoms with van der Waals surface area (Å²) in [7, 11) is 0. The van der Waals surface area contributed by atoms with E-state index in [1.807, 2.05) is 0 Å². The SMILES string of the molecule is Cc1ccc(C(=O)N(CCN)C2CC2)c(F)c1. The number of benzene rings is 1. The lowest BCUT2D eigenvalue weighted by molar-refractivity contribution is 0.0743. The molecule has 3 nitrogen and oxygen atoms in total. The van der Waals surface area contributed by atoms with E-state index in [2.05, 4.69) is 0 Å². The smallest absolute Gasteiger partial charge is 0.257 e. The summed E-state index contributed by atoms with van der Waals surface area (Å²) in [5.74, 6) is -0.687. The number of hydrogen-bond acceptors (Lipinski definition) is 2. The molecule has 0 aromatic heterocycles. The highest BCUT2D eigenvalue weighted by Crippen LogP contribution is 2.28. The molecule has 17 heavy (non-hydrogen) atoms. The molecule has 1 amide bonds. The number of hydrogen-bond donors (Lipinski definition) is 1. The van der Waals surface area contributed by atoms with Crippen LogP contribution in [0, 0.1) is 12.7 Å². The van der Waals surface area contributed by atoms with Gasteiger partial charge in [-0.2, -0.15) is 0 Å². The van der Waals surface area contributed by atoms with E-state index in [0.29, 0.717) is 13.1 Å². The van der Waals surface area contributed by atoms with Gasteiger partial charge in [0.25, 0.3) is 5.91 Å². The predicted molar refractivity (Wildman–Crippen MR) is 64.2 cm³/mol. The average molecular weight is 236 g/mol. The highest BCUT2D eigenvalue weighted by Gasteiger charge is 2.33. The van der Waals surface area contributed by atoms with Crippen molar-refractivity contribution >= 4 is 5.91 Å². The molecule has 2 N–H and O–H groups in total. The van der Waals surface area contributed by atoms with Gasteiger partial charge in [-0.25, -0.2) is 4.39 Å². The number of nitrogens with two attached hydrogens (primary N) is 1. The number of nitrogens with zero attached hydrogens (tertiary/aromatic N) is 1. The Morgan fingerprint density at radius 3 is 2.76 bits per heavy atom. The maximum atomic E-state index is 13.7. The summed E-state index contributed by atoms with van der Waals surface area (Å²) >= 11 is 0. The normalized spacial score (nSPS) is 14.8. The van der Waals surface area contributed by atoms with Crippen LogP contribution >= 0.6 is 0 Å². The van der Waals surface area contributed by atoms with Crippen molar-refractivity contribution in [1.82, 2.24) is 4.90 Å². The van der Waals surface area contributed by atoms with Crippen LogP contribution < -0.4 is 5.73 Å². The van der Waals surface area contributed by atoms with E-state index in [4.69, 9.17) is 5.73 Å². The molecule has 0 spiro atoms. The molecule has 4 heteroatoms. The second kappa shape index (κ2) is 4.84. The summed E-state index contributed by atoms with van der Waals surface area (Å²) in [6, 6.07) is 4.95. The Balaban J connectivity index is 2.22. The molecule has 0 unspecified atom stereocenters. The Morgan fingerprint density at radius 2 is 2.24 bits per heavy atom. The van der Waals surface area contributed by atoms with Crippen LogP contribution in [0.1, 0.15) is 28.8 Å². The molecule has 1 aliphatic carbocycles. The number of halogens is 1. The minimum Gasteiger partial charge on any atom is -0.334 e. The van der Waals surface area contributed by atoms with Gasteiger partial charge >= 0.3 is 0 Å². The van der Waals surface area contributed by atoms with E-state index in [1.54, 1.807) is 24.0 Å². The molecule has 1 aromatic rings. The molecule has 0 heterocycles. The van der Waals surface area contributed by atoms with Gasteiger partial charge in [-0.1, -0.05) is 6.07 Å². The van der Waals surface area contributed by atoms with Crippen LogP contribution in [0.15, 0.2) is 18.2 Å². The van der Waals surface area contributed by atoms with Gasteiger partial charge in [-0.15, -0.1) is 0 Å². The summed E-state index contributed by atoms with van der Waals surface area (Å²) < 4.78 is 13.7. The summed E-state index contributed by atoms with van der Waals surface area (Å²) in [4.78, 5) is 13.9. The van der Waals surface area contributed by atoms with Gasteiger partial charge in [-0.3, -0.25) is 4.79 Å². The third-order valence-corrected chi connectivity index (χ3v) is 2.97. The fourth-order valence-corrected chi connectivity index (χ4v) is 1.92. The van der Waals surface area contributed by atoms with Gasteiger partial charge in [0, 0.05) is 19.1 Å². The van der Waals surface area contributed by atoms with Crippen molar-refractivity contribution in [3.8, 4) is 0 Å². The first-order valence-electron chi connectivity index (χ1n) is 5.90. The number of aryl methyl sites for hydroxylation is 1. The first kappa shape index (κ1) is 12.0. The minimum absolute atomic E-state index is 0.149. The molecule has 1 aliphatic rings. The molecule has 92 valence electrons. The Hall–Kier alpha value is -1.42. The van der Waals surface area contributed by atoms with Gasteiger partial charge in [0.1, 0.15) is 5.82 Å². The highest BCUT2D eigenvalue weighted by molar-refractivity contribution is 5.95. The minimum atomic E-state index is -0.447. The third kappa shape index (κ3) is 2.64. The number of amides is 1. The molecule has 0 saturated heterocycles. The fraction of sp³-hybridized carbons (Fsp3) is 0.462. The Labute approximate surface area is 100 Å². The maximum Gasteiger partial charge on any atom is 0.257 e. The summed E-state index contributed by atoms with van der Waals surface area (Å²) in [5, 5.41) is 0. The summed E-state index contributed by atoms with van der Waals surface area (Å²) in [6.07, 6.45) is 2.00. The topological polar surface area (TPSA) is 46.3 Å². The Bertz CT molecular complexity index is 429. The Morgan fingerprint density at radius 1 is 1.53 bits per heavy atom. The summed E-state index contributed by atoms with van der Waals surface area (Å²) in [5.41, 5.74) is 6.45. The first-order chi connectivity index (χ1) is 8.13.